The van der Waals surface area contributed by atoms with E-state index in [0.717, 1.165) is 11.1 Å². The predicted octanol–water partition coefficient (Wildman–Crippen LogP) is 3.42. The highest BCUT2D eigenvalue weighted by Crippen LogP contribution is 2.22. The third-order valence-electron chi connectivity index (χ3n) is 3.90. The maximum absolute atomic E-state index is 13.0. The first-order chi connectivity index (χ1) is 10.5. The first kappa shape index (κ1) is 16.2. The minimum atomic E-state index is -0.638. The highest BCUT2D eigenvalue weighted by Gasteiger charge is 2.16. The Morgan fingerprint density at radius 2 is 1.64 bits per heavy atom. The van der Waals surface area contributed by atoms with E-state index in [-0.39, 0.29) is 11.9 Å². The third-order valence-corrected chi connectivity index (χ3v) is 3.90. The molecule has 2 aromatic carbocycles. The summed E-state index contributed by atoms with van der Waals surface area (Å²) in [5.41, 5.74) is 2.34. The van der Waals surface area contributed by atoms with Gasteiger partial charge in [0.05, 0.1) is 17.7 Å². The molecule has 0 aliphatic carbocycles. The van der Waals surface area contributed by atoms with Crippen LogP contribution in [0.5, 0.6) is 0 Å². The van der Waals surface area contributed by atoms with E-state index < -0.39 is 6.10 Å². The minimum absolute atomic E-state index is 0.0635. The van der Waals surface area contributed by atoms with Crippen molar-refractivity contribution in [2.24, 2.45) is 0 Å². The van der Waals surface area contributed by atoms with Crippen molar-refractivity contribution >= 4 is 0 Å². The first-order valence-corrected chi connectivity index (χ1v) is 7.15. The number of hydrogen-bond acceptors (Lipinski definition) is 3. The first-order valence-electron chi connectivity index (χ1n) is 7.15. The summed E-state index contributed by atoms with van der Waals surface area (Å²) >= 11 is 0. The van der Waals surface area contributed by atoms with E-state index in [9.17, 15) is 9.50 Å². The summed E-state index contributed by atoms with van der Waals surface area (Å²) in [7, 11) is 1.92. The number of aliphatic hydroxyl groups excluding tert-OH is 1. The van der Waals surface area contributed by atoms with Crippen molar-refractivity contribution in [3.8, 4) is 6.07 Å². The molecule has 1 N–H and O–H groups in total. The smallest absolute Gasteiger partial charge is 0.123 e. The number of hydrogen-bond donors (Lipinski definition) is 1. The number of nitrogens with zero attached hydrogens (tertiary/aromatic N) is 2. The second kappa shape index (κ2) is 7.17. The Morgan fingerprint density at radius 1 is 1.09 bits per heavy atom. The average molecular weight is 298 g/mol. The van der Waals surface area contributed by atoms with Gasteiger partial charge in [0.15, 0.2) is 0 Å². The zero-order valence-electron chi connectivity index (χ0n) is 12.7. The van der Waals surface area contributed by atoms with Crippen LogP contribution in [-0.4, -0.2) is 23.6 Å². The summed E-state index contributed by atoms with van der Waals surface area (Å²) in [6.45, 7) is 2.46. The van der Waals surface area contributed by atoms with Crippen LogP contribution in [0.3, 0.4) is 0 Å². The van der Waals surface area contributed by atoms with Crippen molar-refractivity contribution in [3.63, 3.8) is 0 Å². The van der Waals surface area contributed by atoms with Crippen LogP contribution >= 0.6 is 0 Å². The molecule has 0 radical (unpaired) electrons. The molecule has 0 fully saturated rings. The Balaban J connectivity index is 2.02. The van der Waals surface area contributed by atoms with Gasteiger partial charge in [-0.3, -0.25) is 4.90 Å². The van der Waals surface area contributed by atoms with E-state index in [1.807, 2.05) is 18.9 Å². The molecule has 114 valence electrons. The van der Waals surface area contributed by atoms with Gasteiger partial charge >= 0.3 is 0 Å². The summed E-state index contributed by atoms with van der Waals surface area (Å²) in [5, 5.41) is 19.1. The quantitative estimate of drug-likeness (QED) is 0.920. The van der Waals surface area contributed by atoms with E-state index in [1.54, 1.807) is 36.4 Å². The molecule has 0 saturated carbocycles. The van der Waals surface area contributed by atoms with Crippen LogP contribution in [0.15, 0.2) is 48.5 Å². The predicted molar refractivity (Wildman–Crippen MR) is 83.6 cm³/mol. The van der Waals surface area contributed by atoms with Crippen molar-refractivity contribution in [3.05, 3.63) is 71.0 Å². The van der Waals surface area contributed by atoms with Gasteiger partial charge in [0.1, 0.15) is 5.82 Å². The zero-order valence-corrected chi connectivity index (χ0v) is 12.7. The second-order valence-electron chi connectivity index (χ2n) is 5.42. The molecule has 0 bridgehead atoms. The Kier molecular flexibility index (Phi) is 5.26. The van der Waals surface area contributed by atoms with E-state index in [1.165, 1.54) is 12.1 Å². The van der Waals surface area contributed by atoms with Crippen LogP contribution in [0.2, 0.25) is 0 Å². The zero-order chi connectivity index (χ0) is 16.1. The summed E-state index contributed by atoms with van der Waals surface area (Å²) in [5.74, 6) is -0.253. The summed E-state index contributed by atoms with van der Waals surface area (Å²) in [6, 6.07) is 15.4. The molecule has 3 nitrogen and oxygen atoms in total. The van der Waals surface area contributed by atoms with Gasteiger partial charge in [-0.15, -0.1) is 0 Å². The highest BCUT2D eigenvalue weighted by atomic mass is 19.1. The molecule has 2 rings (SSSR count). The molecule has 2 aromatic rings. The molecule has 4 heteroatoms. The summed E-state index contributed by atoms with van der Waals surface area (Å²) in [4.78, 5) is 2.01. The Morgan fingerprint density at radius 3 is 2.18 bits per heavy atom. The van der Waals surface area contributed by atoms with Gasteiger partial charge in [0.2, 0.25) is 0 Å². The van der Waals surface area contributed by atoms with E-state index >= 15 is 0 Å². The van der Waals surface area contributed by atoms with Gasteiger partial charge < -0.3 is 5.11 Å². The molecular formula is C18H19FN2O. The normalized spacial score (nSPS) is 13.6. The average Bonchev–Trinajstić information content (AvgIpc) is 2.54. The standard InChI is InChI=1S/C18H19FN2O/c1-13(15-7-9-17(19)10-8-15)21(2)12-18(22)16-5-3-14(11-20)4-6-16/h3-10,13,18,22H,12H2,1-2H3. The lowest BCUT2D eigenvalue weighted by atomic mass is 10.0. The second-order valence-corrected chi connectivity index (χ2v) is 5.42. The van der Waals surface area contributed by atoms with Crippen molar-refractivity contribution in [2.45, 2.75) is 19.1 Å². The van der Waals surface area contributed by atoms with Gasteiger partial charge in [-0.2, -0.15) is 5.26 Å². The lowest BCUT2D eigenvalue weighted by molar-refractivity contribution is 0.108. The molecule has 2 unspecified atom stereocenters. The number of rotatable bonds is 5. The van der Waals surface area contributed by atoms with Crippen molar-refractivity contribution in [2.75, 3.05) is 13.6 Å². The summed E-state index contributed by atoms with van der Waals surface area (Å²) in [6.07, 6.45) is -0.638. The molecular weight excluding hydrogens is 279 g/mol. The van der Waals surface area contributed by atoms with Crippen LogP contribution in [-0.2, 0) is 0 Å². The van der Waals surface area contributed by atoms with E-state index in [2.05, 4.69) is 6.07 Å². The Labute approximate surface area is 130 Å². The van der Waals surface area contributed by atoms with E-state index in [0.29, 0.717) is 12.1 Å². The Bertz CT molecular complexity index is 646. The number of benzene rings is 2. The fourth-order valence-electron chi connectivity index (χ4n) is 2.31. The maximum atomic E-state index is 13.0. The fraction of sp³-hybridized carbons (Fsp3) is 0.278. The topological polar surface area (TPSA) is 47.3 Å². The van der Waals surface area contributed by atoms with Crippen LogP contribution < -0.4 is 0 Å². The Hall–Kier alpha value is -2.22. The number of nitriles is 1. The minimum Gasteiger partial charge on any atom is -0.387 e. The molecule has 0 saturated heterocycles. The van der Waals surface area contributed by atoms with Gasteiger partial charge in [-0.05, 0) is 49.4 Å². The molecule has 0 aliphatic rings. The van der Waals surface area contributed by atoms with E-state index in [4.69, 9.17) is 5.26 Å². The van der Waals surface area contributed by atoms with Crippen LogP contribution in [0.4, 0.5) is 4.39 Å². The van der Waals surface area contributed by atoms with Crippen molar-refractivity contribution in [1.29, 1.82) is 5.26 Å². The van der Waals surface area contributed by atoms with Gasteiger partial charge in [0, 0.05) is 12.6 Å². The molecule has 0 spiro atoms. The lowest BCUT2D eigenvalue weighted by Gasteiger charge is -2.27. The molecule has 0 aliphatic heterocycles. The van der Waals surface area contributed by atoms with Gasteiger partial charge in [-0.25, -0.2) is 4.39 Å². The van der Waals surface area contributed by atoms with Crippen LogP contribution in [0, 0.1) is 17.1 Å². The van der Waals surface area contributed by atoms with Crippen LogP contribution in [0.1, 0.15) is 35.8 Å². The maximum Gasteiger partial charge on any atom is 0.123 e. The lowest BCUT2D eigenvalue weighted by Crippen LogP contribution is -2.27. The third kappa shape index (κ3) is 3.91. The molecule has 0 heterocycles. The molecule has 0 aromatic heterocycles. The SMILES string of the molecule is CC(c1ccc(F)cc1)N(C)CC(O)c1ccc(C#N)cc1. The summed E-state index contributed by atoms with van der Waals surface area (Å²) < 4.78 is 13.0. The monoisotopic (exact) mass is 298 g/mol. The largest absolute Gasteiger partial charge is 0.387 e. The molecule has 0 amide bonds. The fourth-order valence-corrected chi connectivity index (χ4v) is 2.31. The molecule has 22 heavy (non-hydrogen) atoms. The van der Waals surface area contributed by atoms with Gasteiger partial charge in [0.25, 0.3) is 0 Å². The number of likely N-dealkylation sites (N-methyl/N-ethyl adjacent to an activating group) is 1. The van der Waals surface area contributed by atoms with Crippen molar-refractivity contribution in [1.82, 2.24) is 4.90 Å². The number of aliphatic hydroxyl groups is 1. The van der Waals surface area contributed by atoms with Crippen molar-refractivity contribution < 1.29 is 9.50 Å². The highest BCUT2D eigenvalue weighted by molar-refractivity contribution is 5.32. The van der Waals surface area contributed by atoms with Gasteiger partial charge in [-0.1, -0.05) is 24.3 Å². The molecule has 2 atom stereocenters. The number of halogens is 1. The van der Waals surface area contributed by atoms with Crippen LogP contribution in [0.25, 0.3) is 0 Å².